The van der Waals surface area contributed by atoms with E-state index in [0.717, 1.165) is 19.6 Å². The van der Waals surface area contributed by atoms with E-state index in [-0.39, 0.29) is 0 Å². The van der Waals surface area contributed by atoms with E-state index in [2.05, 4.69) is 43.4 Å². The van der Waals surface area contributed by atoms with Crippen molar-refractivity contribution in [1.82, 2.24) is 5.32 Å². The van der Waals surface area contributed by atoms with Crippen LogP contribution in [0, 0.1) is 6.92 Å². The summed E-state index contributed by atoms with van der Waals surface area (Å²) in [5.41, 5.74) is 2.80. The maximum Gasteiger partial charge on any atom is 0.0699 e. The van der Waals surface area contributed by atoms with Crippen molar-refractivity contribution in [2.75, 3.05) is 13.2 Å². The van der Waals surface area contributed by atoms with Crippen LogP contribution >= 0.6 is 0 Å². The molecule has 0 spiro atoms. The van der Waals surface area contributed by atoms with E-state index >= 15 is 0 Å². The number of rotatable bonds is 6. The third-order valence-corrected chi connectivity index (χ3v) is 3.92. The molecule has 2 unspecified atom stereocenters. The lowest BCUT2D eigenvalue weighted by atomic mass is 10.0. The predicted octanol–water partition coefficient (Wildman–Crippen LogP) is 3.47. The van der Waals surface area contributed by atoms with Gasteiger partial charge in [-0.25, -0.2) is 0 Å². The Bertz CT molecular complexity index is 371. The van der Waals surface area contributed by atoms with Crippen LogP contribution in [0.25, 0.3) is 0 Å². The average molecular weight is 261 g/mol. The minimum Gasteiger partial charge on any atom is -0.377 e. The molecule has 19 heavy (non-hydrogen) atoms. The molecule has 0 amide bonds. The third kappa shape index (κ3) is 5.33. The summed E-state index contributed by atoms with van der Waals surface area (Å²) in [5.74, 6) is 0. The maximum absolute atomic E-state index is 5.74. The fourth-order valence-electron chi connectivity index (χ4n) is 2.65. The molecule has 2 heteroatoms. The molecule has 1 fully saturated rings. The van der Waals surface area contributed by atoms with E-state index in [4.69, 9.17) is 4.74 Å². The smallest absolute Gasteiger partial charge is 0.0699 e. The summed E-state index contributed by atoms with van der Waals surface area (Å²) in [6.07, 6.45) is 6.56. The largest absolute Gasteiger partial charge is 0.377 e. The van der Waals surface area contributed by atoms with Crippen molar-refractivity contribution < 1.29 is 4.74 Å². The first-order valence-electron chi connectivity index (χ1n) is 7.64. The van der Waals surface area contributed by atoms with Crippen LogP contribution in [0.5, 0.6) is 0 Å². The molecule has 1 aromatic rings. The molecule has 1 N–H and O–H groups in total. The van der Waals surface area contributed by atoms with E-state index in [9.17, 15) is 0 Å². The summed E-state index contributed by atoms with van der Waals surface area (Å²) in [6.45, 7) is 6.39. The average Bonchev–Trinajstić information content (AvgIpc) is 2.44. The molecule has 1 aliphatic rings. The molecule has 0 bridgehead atoms. The summed E-state index contributed by atoms with van der Waals surface area (Å²) in [4.78, 5) is 0. The molecule has 1 saturated heterocycles. The molecule has 1 aromatic carbocycles. The van der Waals surface area contributed by atoms with E-state index in [1.54, 1.807) is 0 Å². The zero-order valence-corrected chi connectivity index (χ0v) is 12.3. The van der Waals surface area contributed by atoms with Crippen molar-refractivity contribution in [2.24, 2.45) is 0 Å². The second-order valence-corrected chi connectivity index (χ2v) is 5.83. The SMILES string of the molecule is Cc1cccc(CCC(C)NCC2CCCCO2)c1. The van der Waals surface area contributed by atoms with Gasteiger partial charge in [-0.3, -0.25) is 0 Å². The lowest BCUT2D eigenvalue weighted by Crippen LogP contribution is -2.36. The molecule has 2 rings (SSSR count). The Morgan fingerprint density at radius 2 is 2.26 bits per heavy atom. The normalized spacial score (nSPS) is 21.3. The van der Waals surface area contributed by atoms with Gasteiger partial charge in [-0.1, -0.05) is 29.8 Å². The Hall–Kier alpha value is -0.860. The van der Waals surface area contributed by atoms with Gasteiger partial charge in [-0.15, -0.1) is 0 Å². The number of ether oxygens (including phenoxy) is 1. The fourth-order valence-corrected chi connectivity index (χ4v) is 2.65. The van der Waals surface area contributed by atoms with Gasteiger partial charge in [0.05, 0.1) is 6.10 Å². The van der Waals surface area contributed by atoms with Crippen molar-refractivity contribution >= 4 is 0 Å². The highest BCUT2D eigenvalue weighted by atomic mass is 16.5. The van der Waals surface area contributed by atoms with E-state index in [0.29, 0.717) is 12.1 Å². The first kappa shape index (κ1) is 14.5. The molecular weight excluding hydrogens is 234 g/mol. The number of benzene rings is 1. The predicted molar refractivity (Wildman–Crippen MR) is 80.6 cm³/mol. The minimum atomic E-state index is 0.440. The second kappa shape index (κ2) is 7.66. The van der Waals surface area contributed by atoms with Crippen molar-refractivity contribution in [3.8, 4) is 0 Å². The highest BCUT2D eigenvalue weighted by Crippen LogP contribution is 2.12. The van der Waals surface area contributed by atoms with Crippen molar-refractivity contribution in [3.63, 3.8) is 0 Å². The monoisotopic (exact) mass is 261 g/mol. The number of nitrogens with one attached hydrogen (secondary N) is 1. The number of aryl methyl sites for hydroxylation is 2. The first-order valence-corrected chi connectivity index (χ1v) is 7.64. The molecule has 1 aliphatic heterocycles. The third-order valence-electron chi connectivity index (χ3n) is 3.92. The van der Waals surface area contributed by atoms with Gasteiger partial charge in [0.2, 0.25) is 0 Å². The van der Waals surface area contributed by atoms with Gasteiger partial charge in [0, 0.05) is 19.2 Å². The van der Waals surface area contributed by atoms with E-state index in [1.807, 2.05) is 0 Å². The summed E-state index contributed by atoms with van der Waals surface area (Å²) in [5, 5.41) is 3.61. The van der Waals surface area contributed by atoms with Crippen molar-refractivity contribution in [1.29, 1.82) is 0 Å². The molecule has 106 valence electrons. The van der Waals surface area contributed by atoms with E-state index < -0.39 is 0 Å². The first-order chi connectivity index (χ1) is 9.24. The fraction of sp³-hybridized carbons (Fsp3) is 0.647. The summed E-state index contributed by atoms with van der Waals surface area (Å²) >= 11 is 0. The van der Waals surface area contributed by atoms with Crippen molar-refractivity contribution in [2.45, 2.75) is 58.1 Å². The van der Waals surface area contributed by atoms with Crippen LogP contribution in [0.1, 0.15) is 43.7 Å². The zero-order chi connectivity index (χ0) is 13.5. The van der Waals surface area contributed by atoms with E-state index in [1.165, 1.54) is 36.8 Å². The van der Waals surface area contributed by atoms with Gasteiger partial charge in [0.25, 0.3) is 0 Å². The molecule has 0 aliphatic carbocycles. The Balaban J connectivity index is 1.65. The van der Waals surface area contributed by atoms with Gasteiger partial charge >= 0.3 is 0 Å². The lowest BCUT2D eigenvalue weighted by Gasteiger charge is -2.24. The Kier molecular flexibility index (Phi) is 5.87. The number of hydrogen-bond acceptors (Lipinski definition) is 2. The molecule has 0 radical (unpaired) electrons. The Morgan fingerprint density at radius 1 is 1.37 bits per heavy atom. The molecule has 2 nitrogen and oxygen atoms in total. The van der Waals surface area contributed by atoms with Crippen LogP contribution < -0.4 is 5.32 Å². The zero-order valence-electron chi connectivity index (χ0n) is 12.3. The second-order valence-electron chi connectivity index (χ2n) is 5.83. The summed E-state index contributed by atoms with van der Waals surface area (Å²) < 4.78 is 5.74. The molecular formula is C17H27NO. The van der Waals surface area contributed by atoms with Gasteiger partial charge in [-0.2, -0.15) is 0 Å². The Morgan fingerprint density at radius 3 is 3.00 bits per heavy atom. The standard InChI is InChI=1S/C17H27NO/c1-14-6-5-7-16(12-14)10-9-15(2)18-13-17-8-3-4-11-19-17/h5-7,12,15,17-18H,3-4,8-11,13H2,1-2H3. The highest BCUT2D eigenvalue weighted by Gasteiger charge is 2.14. The van der Waals surface area contributed by atoms with Crippen molar-refractivity contribution in [3.05, 3.63) is 35.4 Å². The number of hydrogen-bond donors (Lipinski definition) is 1. The summed E-state index contributed by atoms with van der Waals surface area (Å²) in [6, 6.07) is 9.39. The highest BCUT2D eigenvalue weighted by molar-refractivity contribution is 5.22. The van der Waals surface area contributed by atoms with Gasteiger partial charge in [0.15, 0.2) is 0 Å². The quantitative estimate of drug-likeness (QED) is 0.846. The maximum atomic E-state index is 5.74. The topological polar surface area (TPSA) is 21.3 Å². The lowest BCUT2D eigenvalue weighted by molar-refractivity contribution is 0.0155. The molecule has 1 heterocycles. The molecule has 0 saturated carbocycles. The van der Waals surface area contributed by atoms with Crippen LogP contribution in [0.3, 0.4) is 0 Å². The van der Waals surface area contributed by atoms with Crippen LogP contribution in [-0.2, 0) is 11.2 Å². The van der Waals surface area contributed by atoms with Crippen LogP contribution in [-0.4, -0.2) is 25.3 Å². The minimum absolute atomic E-state index is 0.440. The molecule has 0 aromatic heterocycles. The van der Waals surface area contributed by atoms with Crippen LogP contribution in [0.4, 0.5) is 0 Å². The molecule has 2 atom stereocenters. The van der Waals surface area contributed by atoms with Gasteiger partial charge in [-0.05, 0) is 51.5 Å². The van der Waals surface area contributed by atoms with Gasteiger partial charge < -0.3 is 10.1 Å². The van der Waals surface area contributed by atoms with Gasteiger partial charge in [0.1, 0.15) is 0 Å². The van der Waals surface area contributed by atoms with Crippen LogP contribution in [0.2, 0.25) is 0 Å². The summed E-state index contributed by atoms with van der Waals surface area (Å²) in [7, 11) is 0. The Labute approximate surface area is 117 Å². The van der Waals surface area contributed by atoms with Crippen LogP contribution in [0.15, 0.2) is 24.3 Å².